The number of alkyl halides is 3. The minimum Gasteiger partial charge on any atom is -0.171 e. The molecule has 3 heteroatoms. The van der Waals surface area contributed by atoms with Gasteiger partial charge in [-0.3, -0.25) is 0 Å². The monoisotopic (exact) mass is 344 g/mol. The van der Waals surface area contributed by atoms with Crippen molar-refractivity contribution in [3.63, 3.8) is 0 Å². The maximum Gasteiger partial charge on any atom is 0.389 e. The maximum atomic E-state index is 12.1. The Kier molecular flexibility index (Phi) is 8.16. The standard InChI is InChI=1S/C21H35F3/c1-2-3-6-17-8-12-19(13-9-17)20-14-10-18(11-15-20)7-4-5-16-21(22,23)24/h4,7,17-20H,2-3,5-6,8-16H2,1H3/b7-4+. The van der Waals surface area contributed by atoms with Gasteiger partial charge >= 0.3 is 6.18 Å². The summed E-state index contributed by atoms with van der Waals surface area (Å²) >= 11 is 0. The third-order valence-corrected chi connectivity index (χ3v) is 6.34. The zero-order valence-corrected chi connectivity index (χ0v) is 15.3. The van der Waals surface area contributed by atoms with Crippen LogP contribution in [0.3, 0.4) is 0 Å². The van der Waals surface area contributed by atoms with Gasteiger partial charge in [0.05, 0.1) is 0 Å². The van der Waals surface area contributed by atoms with Crippen molar-refractivity contribution >= 4 is 0 Å². The normalized spacial score (nSPS) is 32.3. The minimum atomic E-state index is -4.02. The summed E-state index contributed by atoms with van der Waals surface area (Å²) in [6, 6.07) is 0. The van der Waals surface area contributed by atoms with Gasteiger partial charge in [-0.15, -0.1) is 0 Å². The molecule has 0 aromatic carbocycles. The summed E-state index contributed by atoms with van der Waals surface area (Å²) in [5.74, 6) is 3.32. The highest BCUT2D eigenvalue weighted by atomic mass is 19.4. The summed E-state index contributed by atoms with van der Waals surface area (Å²) in [7, 11) is 0. The van der Waals surface area contributed by atoms with E-state index in [0.717, 1.165) is 17.8 Å². The molecule has 0 amide bonds. The summed E-state index contributed by atoms with van der Waals surface area (Å²) in [6.45, 7) is 2.28. The Morgan fingerprint density at radius 1 is 0.875 bits per heavy atom. The quantitative estimate of drug-likeness (QED) is 0.415. The number of hydrogen-bond acceptors (Lipinski definition) is 0. The molecular weight excluding hydrogens is 309 g/mol. The third kappa shape index (κ3) is 7.19. The number of allylic oxidation sites excluding steroid dienone is 2. The van der Waals surface area contributed by atoms with E-state index < -0.39 is 12.6 Å². The molecule has 2 aliphatic rings. The number of hydrogen-bond donors (Lipinski definition) is 0. The molecule has 2 saturated carbocycles. The van der Waals surface area contributed by atoms with Crippen molar-refractivity contribution in [3.8, 4) is 0 Å². The summed E-state index contributed by atoms with van der Waals surface area (Å²) in [6.07, 6.45) is 14.1. The first-order valence-electron chi connectivity index (χ1n) is 10.2. The number of rotatable bonds is 7. The average molecular weight is 345 g/mol. The zero-order chi connectivity index (χ0) is 17.4. The lowest BCUT2D eigenvalue weighted by molar-refractivity contribution is -0.133. The SMILES string of the molecule is CCCCC1CCC(C2CCC(/C=C/CCC(F)(F)F)CC2)CC1. The Balaban J connectivity index is 1.62. The molecule has 0 radical (unpaired) electrons. The van der Waals surface area contributed by atoms with Gasteiger partial charge in [-0.1, -0.05) is 51.2 Å². The zero-order valence-electron chi connectivity index (χ0n) is 15.3. The lowest BCUT2D eigenvalue weighted by Crippen LogP contribution is -2.25. The third-order valence-electron chi connectivity index (χ3n) is 6.34. The van der Waals surface area contributed by atoms with E-state index in [4.69, 9.17) is 0 Å². The smallest absolute Gasteiger partial charge is 0.171 e. The minimum absolute atomic E-state index is 0.144. The molecule has 2 rings (SSSR count). The van der Waals surface area contributed by atoms with Crippen molar-refractivity contribution in [2.45, 2.75) is 96.6 Å². The van der Waals surface area contributed by atoms with E-state index in [2.05, 4.69) is 13.0 Å². The highest BCUT2D eigenvalue weighted by molar-refractivity contribution is 4.92. The second-order valence-electron chi connectivity index (χ2n) is 8.18. The Morgan fingerprint density at radius 2 is 1.46 bits per heavy atom. The van der Waals surface area contributed by atoms with Crippen LogP contribution >= 0.6 is 0 Å². The van der Waals surface area contributed by atoms with E-state index in [0.29, 0.717) is 5.92 Å². The summed E-state index contributed by atoms with van der Waals surface area (Å²) in [5.41, 5.74) is 0. The summed E-state index contributed by atoms with van der Waals surface area (Å²) < 4.78 is 36.4. The molecule has 0 spiro atoms. The fourth-order valence-corrected chi connectivity index (χ4v) is 4.79. The van der Waals surface area contributed by atoms with Gasteiger partial charge in [-0.05, 0) is 68.6 Å². The van der Waals surface area contributed by atoms with Gasteiger partial charge in [0.1, 0.15) is 0 Å². The molecule has 0 aliphatic heterocycles. The molecule has 24 heavy (non-hydrogen) atoms. The van der Waals surface area contributed by atoms with Crippen LogP contribution < -0.4 is 0 Å². The lowest BCUT2D eigenvalue weighted by atomic mass is 9.68. The van der Waals surface area contributed by atoms with Crippen LogP contribution in [0.25, 0.3) is 0 Å². The van der Waals surface area contributed by atoms with E-state index in [1.165, 1.54) is 70.6 Å². The molecule has 140 valence electrons. The predicted octanol–water partition coefficient (Wildman–Crippen LogP) is 7.69. The van der Waals surface area contributed by atoms with E-state index in [1.807, 2.05) is 0 Å². The van der Waals surface area contributed by atoms with Crippen LogP contribution in [0.2, 0.25) is 0 Å². The fraction of sp³-hybridized carbons (Fsp3) is 0.905. The van der Waals surface area contributed by atoms with E-state index >= 15 is 0 Å². The highest BCUT2D eigenvalue weighted by Gasteiger charge is 2.30. The van der Waals surface area contributed by atoms with Crippen LogP contribution in [-0.2, 0) is 0 Å². The molecule has 2 aliphatic carbocycles. The number of halogens is 3. The van der Waals surface area contributed by atoms with Gasteiger partial charge in [0.2, 0.25) is 0 Å². The topological polar surface area (TPSA) is 0 Å². The Bertz CT molecular complexity index is 356. The first kappa shape index (κ1) is 19.8. The van der Waals surface area contributed by atoms with Gasteiger partial charge < -0.3 is 0 Å². The summed E-state index contributed by atoms with van der Waals surface area (Å²) in [4.78, 5) is 0. The van der Waals surface area contributed by atoms with Crippen molar-refractivity contribution in [1.82, 2.24) is 0 Å². The molecule has 0 atom stereocenters. The van der Waals surface area contributed by atoms with Crippen LogP contribution in [0.5, 0.6) is 0 Å². The van der Waals surface area contributed by atoms with Gasteiger partial charge in [0, 0.05) is 6.42 Å². The van der Waals surface area contributed by atoms with Gasteiger partial charge in [0.25, 0.3) is 0 Å². The molecule has 0 nitrogen and oxygen atoms in total. The average Bonchev–Trinajstić information content (AvgIpc) is 2.57. The Labute approximate surface area is 146 Å². The van der Waals surface area contributed by atoms with E-state index in [-0.39, 0.29) is 6.42 Å². The van der Waals surface area contributed by atoms with Crippen LogP contribution in [0.1, 0.15) is 90.4 Å². The second kappa shape index (κ2) is 9.87. The molecule has 0 bridgehead atoms. The highest BCUT2D eigenvalue weighted by Crippen LogP contribution is 2.42. The summed E-state index contributed by atoms with van der Waals surface area (Å²) in [5, 5.41) is 0. The molecule has 0 heterocycles. The molecule has 0 saturated heterocycles. The molecular formula is C21H35F3. The molecule has 0 unspecified atom stereocenters. The predicted molar refractivity (Wildman–Crippen MR) is 94.9 cm³/mol. The van der Waals surface area contributed by atoms with Crippen molar-refractivity contribution in [2.24, 2.45) is 23.7 Å². The molecule has 0 aromatic rings. The van der Waals surface area contributed by atoms with Crippen LogP contribution in [0, 0.1) is 23.7 Å². The van der Waals surface area contributed by atoms with Crippen molar-refractivity contribution in [3.05, 3.63) is 12.2 Å². The van der Waals surface area contributed by atoms with E-state index in [1.54, 1.807) is 6.08 Å². The van der Waals surface area contributed by atoms with Crippen LogP contribution in [0.15, 0.2) is 12.2 Å². The first-order chi connectivity index (χ1) is 11.5. The van der Waals surface area contributed by atoms with Crippen molar-refractivity contribution in [1.29, 1.82) is 0 Å². The van der Waals surface area contributed by atoms with Crippen molar-refractivity contribution < 1.29 is 13.2 Å². The van der Waals surface area contributed by atoms with Gasteiger partial charge in [-0.25, -0.2) is 0 Å². The fourth-order valence-electron chi connectivity index (χ4n) is 4.79. The Hall–Kier alpha value is -0.470. The first-order valence-corrected chi connectivity index (χ1v) is 10.2. The van der Waals surface area contributed by atoms with Crippen molar-refractivity contribution in [2.75, 3.05) is 0 Å². The molecule has 0 aromatic heterocycles. The molecule has 0 N–H and O–H groups in total. The second-order valence-corrected chi connectivity index (χ2v) is 8.18. The van der Waals surface area contributed by atoms with Gasteiger partial charge in [-0.2, -0.15) is 13.2 Å². The van der Waals surface area contributed by atoms with Crippen LogP contribution in [-0.4, -0.2) is 6.18 Å². The number of unbranched alkanes of at least 4 members (excludes halogenated alkanes) is 1. The van der Waals surface area contributed by atoms with Crippen LogP contribution in [0.4, 0.5) is 13.2 Å². The largest absolute Gasteiger partial charge is 0.389 e. The maximum absolute atomic E-state index is 12.1. The van der Waals surface area contributed by atoms with Gasteiger partial charge in [0.15, 0.2) is 0 Å². The molecule has 2 fully saturated rings. The lowest BCUT2D eigenvalue weighted by Gasteiger charge is -2.37. The Morgan fingerprint density at radius 3 is 2.00 bits per heavy atom. The van der Waals surface area contributed by atoms with E-state index in [9.17, 15) is 13.2 Å².